The number of ether oxygens (including phenoxy) is 3. The van der Waals surface area contributed by atoms with Crippen LogP contribution >= 0.6 is 0 Å². The van der Waals surface area contributed by atoms with Crippen LogP contribution in [0.25, 0.3) is 0 Å². The molecule has 128 valence electrons. The zero-order valence-corrected chi connectivity index (χ0v) is 14.5. The highest BCUT2D eigenvalue weighted by Gasteiger charge is 2.35. The van der Waals surface area contributed by atoms with Gasteiger partial charge >= 0.3 is 5.97 Å². The fourth-order valence-corrected chi connectivity index (χ4v) is 2.15. The summed E-state index contributed by atoms with van der Waals surface area (Å²) in [6.45, 7) is 6.27. The molecule has 2 aromatic rings. The van der Waals surface area contributed by atoms with Gasteiger partial charge in [-0.15, -0.1) is 0 Å². The van der Waals surface area contributed by atoms with Crippen LogP contribution in [0.1, 0.15) is 32.8 Å². The fraction of sp³-hybridized carbons (Fsp3) is 0.350. The molecule has 0 amide bonds. The molecule has 0 saturated carbocycles. The lowest BCUT2D eigenvalue weighted by Gasteiger charge is -2.27. The first-order valence-corrected chi connectivity index (χ1v) is 8.20. The second-order valence-electron chi connectivity index (χ2n) is 5.65. The minimum atomic E-state index is -0.984. The summed E-state index contributed by atoms with van der Waals surface area (Å²) in [5.41, 5.74) is 0.126. The molecule has 2 rings (SSSR count). The van der Waals surface area contributed by atoms with E-state index in [4.69, 9.17) is 14.2 Å². The molecule has 0 spiro atoms. The molecule has 0 unspecified atom stereocenters. The summed E-state index contributed by atoms with van der Waals surface area (Å²) in [5.74, 6) is 1.01. The minimum absolute atomic E-state index is 0.337. The molecule has 0 aliphatic carbocycles. The van der Waals surface area contributed by atoms with Crippen LogP contribution in [0.3, 0.4) is 0 Å². The van der Waals surface area contributed by atoms with E-state index in [-0.39, 0.29) is 5.97 Å². The van der Waals surface area contributed by atoms with Gasteiger partial charge in [0.2, 0.25) is 5.60 Å². The standard InChI is InChI=1S/C20H24O4/c1-4-20(3,19(21)22-5-2)24-18-13-11-17(12-14-18)23-15-16-9-7-6-8-10-16/h6-14H,4-5,15H2,1-3H3/t20-/m0/s1. The third-order valence-electron chi connectivity index (χ3n) is 3.80. The maximum Gasteiger partial charge on any atom is 0.350 e. The van der Waals surface area contributed by atoms with Gasteiger partial charge in [0.25, 0.3) is 0 Å². The molecule has 24 heavy (non-hydrogen) atoms. The predicted octanol–water partition coefficient (Wildman–Crippen LogP) is 4.38. The molecule has 4 heteroatoms. The van der Waals surface area contributed by atoms with Crippen molar-refractivity contribution in [2.24, 2.45) is 0 Å². The quantitative estimate of drug-likeness (QED) is 0.675. The Balaban J connectivity index is 1.97. The maximum atomic E-state index is 12.1. The van der Waals surface area contributed by atoms with Gasteiger partial charge in [0, 0.05) is 0 Å². The average Bonchev–Trinajstić information content (AvgIpc) is 2.62. The number of esters is 1. The zero-order valence-electron chi connectivity index (χ0n) is 14.5. The lowest BCUT2D eigenvalue weighted by atomic mass is 10.0. The molecule has 0 aromatic heterocycles. The smallest absolute Gasteiger partial charge is 0.350 e. The molecular weight excluding hydrogens is 304 g/mol. The average molecular weight is 328 g/mol. The Hall–Kier alpha value is -2.49. The summed E-state index contributed by atoms with van der Waals surface area (Å²) < 4.78 is 16.7. The molecule has 4 nitrogen and oxygen atoms in total. The number of benzene rings is 2. The van der Waals surface area contributed by atoms with E-state index in [9.17, 15) is 4.79 Å². The van der Waals surface area contributed by atoms with Crippen LogP contribution in [0.2, 0.25) is 0 Å². The van der Waals surface area contributed by atoms with Gasteiger partial charge in [-0.1, -0.05) is 37.3 Å². The molecule has 0 bridgehead atoms. The van der Waals surface area contributed by atoms with Crippen LogP contribution in [0, 0.1) is 0 Å². The molecule has 2 aromatic carbocycles. The van der Waals surface area contributed by atoms with Gasteiger partial charge < -0.3 is 14.2 Å². The Kier molecular flexibility index (Phi) is 6.24. The van der Waals surface area contributed by atoms with E-state index in [1.807, 2.05) is 49.4 Å². The molecule has 0 heterocycles. The Morgan fingerprint density at radius 2 is 1.58 bits per heavy atom. The zero-order chi connectivity index (χ0) is 17.4. The van der Waals surface area contributed by atoms with E-state index < -0.39 is 5.60 Å². The minimum Gasteiger partial charge on any atom is -0.489 e. The number of hydrogen-bond donors (Lipinski definition) is 0. The van der Waals surface area contributed by atoms with Crippen LogP contribution in [-0.4, -0.2) is 18.2 Å². The first-order chi connectivity index (χ1) is 11.6. The summed E-state index contributed by atoms with van der Waals surface area (Å²) >= 11 is 0. The second kappa shape index (κ2) is 8.39. The molecule has 0 saturated heterocycles. The first-order valence-electron chi connectivity index (χ1n) is 8.20. The van der Waals surface area contributed by atoms with E-state index in [2.05, 4.69) is 0 Å². The molecule has 0 fully saturated rings. The van der Waals surface area contributed by atoms with Crippen molar-refractivity contribution in [2.45, 2.75) is 39.4 Å². The van der Waals surface area contributed by atoms with E-state index in [0.29, 0.717) is 25.4 Å². The largest absolute Gasteiger partial charge is 0.489 e. The highest BCUT2D eigenvalue weighted by molar-refractivity contribution is 5.79. The Bertz CT molecular complexity index is 636. The van der Waals surface area contributed by atoms with Crippen molar-refractivity contribution < 1.29 is 19.0 Å². The van der Waals surface area contributed by atoms with Gasteiger partial charge in [-0.25, -0.2) is 4.79 Å². The summed E-state index contributed by atoms with van der Waals surface area (Å²) in [4.78, 5) is 12.1. The summed E-state index contributed by atoms with van der Waals surface area (Å²) in [6.07, 6.45) is 0.526. The van der Waals surface area contributed by atoms with E-state index in [1.54, 1.807) is 26.0 Å². The van der Waals surface area contributed by atoms with Crippen LogP contribution in [0.4, 0.5) is 0 Å². The first kappa shape index (κ1) is 17.9. The van der Waals surface area contributed by atoms with Gasteiger partial charge in [0.05, 0.1) is 6.61 Å². The Labute approximate surface area is 143 Å². The van der Waals surface area contributed by atoms with Crippen molar-refractivity contribution in [3.05, 3.63) is 60.2 Å². The predicted molar refractivity (Wildman–Crippen MR) is 93.2 cm³/mol. The van der Waals surface area contributed by atoms with Crippen molar-refractivity contribution in [2.75, 3.05) is 6.61 Å². The van der Waals surface area contributed by atoms with Gasteiger partial charge in [0.15, 0.2) is 0 Å². The molecule has 1 atom stereocenters. The SMILES string of the molecule is CCOC(=O)[C@](C)(CC)Oc1ccc(OCc2ccccc2)cc1. The molecular formula is C20H24O4. The number of carbonyl (C=O) groups is 1. The van der Waals surface area contributed by atoms with Crippen molar-refractivity contribution in [1.82, 2.24) is 0 Å². The maximum absolute atomic E-state index is 12.1. The lowest BCUT2D eigenvalue weighted by Crippen LogP contribution is -2.42. The monoisotopic (exact) mass is 328 g/mol. The Morgan fingerprint density at radius 1 is 0.958 bits per heavy atom. The van der Waals surface area contributed by atoms with Gasteiger partial charge in [-0.2, -0.15) is 0 Å². The lowest BCUT2D eigenvalue weighted by molar-refractivity contribution is -0.160. The third kappa shape index (κ3) is 4.75. The highest BCUT2D eigenvalue weighted by atomic mass is 16.6. The third-order valence-corrected chi connectivity index (χ3v) is 3.80. The van der Waals surface area contributed by atoms with Crippen molar-refractivity contribution in [3.63, 3.8) is 0 Å². The van der Waals surface area contributed by atoms with Crippen molar-refractivity contribution in [1.29, 1.82) is 0 Å². The normalized spacial score (nSPS) is 13.0. The van der Waals surface area contributed by atoms with Crippen LogP contribution in [-0.2, 0) is 16.1 Å². The molecule has 0 aliphatic rings. The molecule has 0 radical (unpaired) electrons. The number of carbonyl (C=O) groups excluding carboxylic acids is 1. The van der Waals surface area contributed by atoms with Gasteiger partial charge in [-0.3, -0.25) is 0 Å². The van der Waals surface area contributed by atoms with Crippen molar-refractivity contribution >= 4 is 5.97 Å². The van der Waals surface area contributed by atoms with Gasteiger partial charge in [0.1, 0.15) is 18.1 Å². The fourth-order valence-electron chi connectivity index (χ4n) is 2.15. The number of rotatable bonds is 8. The van der Waals surface area contributed by atoms with E-state index in [0.717, 1.165) is 11.3 Å². The van der Waals surface area contributed by atoms with E-state index in [1.165, 1.54) is 0 Å². The molecule has 0 N–H and O–H groups in total. The summed E-state index contributed by atoms with van der Waals surface area (Å²) in [5, 5.41) is 0. The second-order valence-corrected chi connectivity index (χ2v) is 5.65. The van der Waals surface area contributed by atoms with Crippen LogP contribution in [0.5, 0.6) is 11.5 Å². The highest BCUT2D eigenvalue weighted by Crippen LogP contribution is 2.25. The topological polar surface area (TPSA) is 44.8 Å². The number of hydrogen-bond acceptors (Lipinski definition) is 4. The summed E-state index contributed by atoms with van der Waals surface area (Å²) in [7, 11) is 0. The van der Waals surface area contributed by atoms with Crippen molar-refractivity contribution in [3.8, 4) is 11.5 Å². The molecule has 0 aliphatic heterocycles. The Morgan fingerprint density at radius 3 is 2.17 bits per heavy atom. The van der Waals surface area contributed by atoms with Crippen LogP contribution in [0.15, 0.2) is 54.6 Å². The van der Waals surface area contributed by atoms with Gasteiger partial charge in [-0.05, 0) is 50.1 Å². The summed E-state index contributed by atoms with van der Waals surface area (Å²) in [6, 6.07) is 17.2. The van der Waals surface area contributed by atoms with Crippen LogP contribution < -0.4 is 9.47 Å². The van der Waals surface area contributed by atoms with E-state index >= 15 is 0 Å².